The third-order valence-electron chi connectivity index (χ3n) is 11.8. The molecule has 0 aromatic heterocycles. The van der Waals surface area contributed by atoms with Crippen molar-refractivity contribution in [1.29, 1.82) is 0 Å². The average molecular weight is 494 g/mol. The number of hydrogen-bond acceptors (Lipinski definition) is 4. The van der Waals surface area contributed by atoms with Crippen LogP contribution in [0.15, 0.2) is 46.3 Å². The summed E-state index contributed by atoms with van der Waals surface area (Å²) in [6.07, 6.45) is 13.2. The molecule has 0 spiro atoms. The SMILES string of the molecule is CC1=C(O)C(=O)C=C2C1=CC=C1C3(C)CC[C@@]4(C)CC[C@@](C)(C(=O)NCCO)C[C@H]4[C@]3(C)CC[C@@]21C. The van der Waals surface area contributed by atoms with Crippen LogP contribution in [0.4, 0.5) is 0 Å². The van der Waals surface area contributed by atoms with Crippen LogP contribution in [0.1, 0.15) is 86.5 Å². The Kier molecular flexibility index (Phi) is 5.62. The average Bonchev–Trinajstić information content (AvgIpc) is 2.84. The highest BCUT2D eigenvalue weighted by Gasteiger charge is 2.67. The highest BCUT2D eigenvalue weighted by Crippen LogP contribution is 2.75. The molecule has 0 heterocycles. The number of ketones is 1. The maximum Gasteiger partial charge on any atom is 0.226 e. The molecule has 1 amide bonds. The van der Waals surface area contributed by atoms with E-state index in [0.717, 1.165) is 56.1 Å². The Bertz CT molecular complexity index is 1160. The summed E-state index contributed by atoms with van der Waals surface area (Å²) in [6, 6.07) is 0. The molecule has 3 fully saturated rings. The van der Waals surface area contributed by atoms with Crippen molar-refractivity contribution in [2.75, 3.05) is 13.2 Å². The highest BCUT2D eigenvalue weighted by atomic mass is 16.3. The Morgan fingerprint density at radius 3 is 2.42 bits per heavy atom. The first-order valence-corrected chi connectivity index (χ1v) is 13.8. The predicted octanol–water partition coefficient (Wildman–Crippen LogP) is 5.72. The molecule has 3 saturated carbocycles. The molecule has 0 aromatic rings. The molecule has 3 N–H and O–H groups in total. The zero-order valence-electron chi connectivity index (χ0n) is 22.9. The normalized spacial score (nSPS) is 43.8. The topological polar surface area (TPSA) is 86.6 Å². The van der Waals surface area contributed by atoms with Gasteiger partial charge < -0.3 is 15.5 Å². The lowest BCUT2D eigenvalue weighted by molar-refractivity contribution is -0.169. The minimum atomic E-state index is -0.423. The number of rotatable bonds is 3. The zero-order chi connectivity index (χ0) is 26.3. The minimum absolute atomic E-state index is 0.0296. The van der Waals surface area contributed by atoms with Crippen LogP contribution in [0.2, 0.25) is 0 Å². The lowest BCUT2D eigenvalue weighted by Gasteiger charge is -2.70. The van der Waals surface area contributed by atoms with Crippen LogP contribution in [-0.2, 0) is 9.59 Å². The third kappa shape index (κ3) is 3.17. The Balaban J connectivity index is 1.57. The summed E-state index contributed by atoms with van der Waals surface area (Å²) in [7, 11) is 0. The van der Waals surface area contributed by atoms with E-state index in [0.29, 0.717) is 18.0 Å². The minimum Gasteiger partial charge on any atom is -0.504 e. The van der Waals surface area contributed by atoms with Crippen molar-refractivity contribution in [2.24, 2.45) is 33.0 Å². The molecule has 0 bridgehead atoms. The van der Waals surface area contributed by atoms with Crippen LogP contribution < -0.4 is 5.32 Å². The molecule has 196 valence electrons. The summed E-state index contributed by atoms with van der Waals surface area (Å²) >= 11 is 0. The van der Waals surface area contributed by atoms with Crippen molar-refractivity contribution < 1.29 is 19.8 Å². The molecular weight excluding hydrogens is 450 g/mol. The molecule has 5 aliphatic rings. The number of carbonyl (C=O) groups is 2. The molecular formula is C31H43NO4. The van der Waals surface area contributed by atoms with Crippen LogP contribution >= 0.6 is 0 Å². The van der Waals surface area contributed by atoms with Gasteiger partial charge in [-0.2, -0.15) is 0 Å². The van der Waals surface area contributed by atoms with Crippen molar-refractivity contribution in [3.8, 4) is 0 Å². The van der Waals surface area contributed by atoms with Gasteiger partial charge in [-0.1, -0.05) is 52.3 Å². The van der Waals surface area contributed by atoms with E-state index in [-0.39, 0.29) is 45.7 Å². The smallest absolute Gasteiger partial charge is 0.226 e. The van der Waals surface area contributed by atoms with E-state index >= 15 is 0 Å². The van der Waals surface area contributed by atoms with Crippen molar-refractivity contribution in [2.45, 2.75) is 86.5 Å². The van der Waals surface area contributed by atoms with Gasteiger partial charge in [-0.3, -0.25) is 9.59 Å². The van der Waals surface area contributed by atoms with Gasteiger partial charge in [0.1, 0.15) is 0 Å². The Morgan fingerprint density at radius 2 is 1.72 bits per heavy atom. The summed E-state index contributed by atoms with van der Waals surface area (Å²) in [5, 5.41) is 22.5. The van der Waals surface area contributed by atoms with Gasteiger partial charge in [-0.15, -0.1) is 0 Å². The molecule has 5 aliphatic carbocycles. The van der Waals surface area contributed by atoms with Gasteiger partial charge in [0, 0.05) is 22.9 Å². The fraction of sp³-hybridized carbons (Fsp3) is 0.677. The van der Waals surface area contributed by atoms with E-state index in [2.05, 4.69) is 52.1 Å². The first-order chi connectivity index (χ1) is 16.8. The molecule has 5 heteroatoms. The van der Waals surface area contributed by atoms with E-state index in [1.54, 1.807) is 6.08 Å². The highest BCUT2D eigenvalue weighted by molar-refractivity contribution is 6.06. The molecule has 0 aromatic carbocycles. The van der Waals surface area contributed by atoms with Crippen LogP contribution in [0.3, 0.4) is 0 Å². The first kappa shape index (κ1) is 25.5. The fourth-order valence-corrected chi connectivity index (χ4v) is 9.05. The van der Waals surface area contributed by atoms with Crippen LogP contribution in [-0.4, -0.2) is 35.1 Å². The summed E-state index contributed by atoms with van der Waals surface area (Å²) in [5.41, 5.74) is 3.69. The molecule has 6 atom stereocenters. The molecule has 0 aliphatic heterocycles. The van der Waals surface area contributed by atoms with Crippen LogP contribution in [0, 0.1) is 33.0 Å². The Labute approximate surface area is 215 Å². The Hall–Kier alpha value is -2.14. The zero-order valence-corrected chi connectivity index (χ0v) is 22.9. The fourth-order valence-electron chi connectivity index (χ4n) is 9.05. The summed E-state index contributed by atoms with van der Waals surface area (Å²) in [5.74, 6) is 0.0684. The van der Waals surface area contributed by atoms with Gasteiger partial charge >= 0.3 is 0 Å². The van der Waals surface area contributed by atoms with Crippen molar-refractivity contribution in [1.82, 2.24) is 5.32 Å². The van der Waals surface area contributed by atoms with Gasteiger partial charge in [0.2, 0.25) is 11.7 Å². The first-order valence-electron chi connectivity index (χ1n) is 13.8. The van der Waals surface area contributed by atoms with Gasteiger partial charge in [0.25, 0.3) is 0 Å². The predicted molar refractivity (Wildman–Crippen MR) is 141 cm³/mol. The largest absolute Gasteiger partial charge is 0.504 e. The van der Waals surface area contributed by atoms with Gasteiger partial charge in [0.05, 0.1) is 6.61 Å². The Morgan fingerprint density at radius 1 is 1.03 bits per heavy atom. The number of allylic oxidation sites excluding steroid dienone is 7. The van der Waals surface area contributed by atoms with E-state index < -0.39 is 5.41 Å². The number of amides is 1. The molecule has 0 radical (unpaired) electrons. The van der Waals surface area contributed by atoms with Crippen molar-refractivity contribution in [3.63, 3.8) is 0 Å². The van der Waals surface area contributed by atoms with E-state index in [1.165, 1.54) is 5.57 Å². The second-order valence-corrected chi connectivity index (χ2v) is 13.6. The third-order valence-corrected chi connectivity index (χ3v) is 11.8. The standard InChI is InChI=1S/C31H43NO4/c1-19-20-7-8-23-29(4,21(20)17-22(34)25(19)35)12-14-31(6)24-18-28(3,26(36)32-15-16-33)10-9-27(24,2)11-13-30(23,31)5/h7-8,17,24,33,35H,9-16,18H2,1-6H3,(H,32,36)/t24-,27-,28-,29+,30?,31+/m1/s1. The van der Waals surface area contributed by atoms with E-state index in [1.807, 2.05) is 6.92 Å². The molecule has 36 heavy (non-hydrogen) atoms. The van der Waals surface area contributed by atoms with Crippen molar-refractivity contribution >= 4 is 11.7 Å². The summed E-state index contributed by atoms with van der Waals surface area (Å²) < 4.78 is 0. The van der Waals surface area contributed by atoms with Gasteiger partial charge in [-0.05, 0) is 91.3 Å². The lowest BCUT2D eigenvalue weighted by Crippen LogP contribution is -2.62. The quantitative estimate of drug-likeness (QED) is 0.469. The molecule has 1 unspecified atom stereocenters. The van der Waals surface area contributed by atoms with Gasteiger partial charge in [-0.25, -0.2) is 0 Å². The number of aliphatic hydroxyl groups excluding tert-OH is 2. The number of hydrogen-bond donors (Lipinski definition) is 3. The molecule has 5 rings (SSSR count). The maximum atomic E-state index is 13.2. The second kappa shape index (κ2) is 7.93. The van der Waals surface area contributed by atoms with E-state index in [9.17, 15) is 19.8 Å². The van der Waals surface area contributed by atoms with Crippen LogP contribution in [0.5, 0.6) is 0 Å². The number of aliphatic hydroxyl groups is 2. The van der Waals surface area contributed by atoms with E-state index in [4.69, 9.17) is 0 Å². The number of nitrogens with one attached hydrogen (secondary N) is 1. The summed E-state index contributed by atoms with van der Waals surface area (Å²) in [6.45, 7) is 13.9. The van der Waals surface area contributed by atoms with Crippen molar-refractivity contribution in [3.05, 3.63) is 46.3 Å². The molecule has 0 saturated heterocycles. The summed E-state index contributed by atoms with van der Waals surface area (Å²) in [4.78, 5) is 25.9. The maximum absolute atomic E-state index is 13.2. The second-order valence-electron chi connectivity index (χ2n) is 13.6. The number of fused-ring (bicyclic) bond motifs is 7. The lowest BCUT2D eigenvalue weighted by atomic mass is 9.34. The molecule has 5 nitrogen and oxygen atoms in total. The number of carbonyl (C=O) groups excluding carboxylic acids is 2. The van der Waals surface area contributed by atoms with Crippen LogP contribution in [0.25, 0.3) is 0 Å². The van der Waals surface area contributed by atoms with Gasteiger partial charge in [0.15, 0.2) is 5.76 Å². The monoisotopic (exact) mass is 493 g/mol.